The van der Waals surface area contributed by atoms with Crippen molar-refractivity contribution in [1.29, 1.82) is 0 Å². The Bertz CT molecular complexity index is 329. The summed E-state index contributed by atoms with van der Waals surface area (Å²) >= 11 is 3.61. The van der Waals surface area contributed by atoms with E-state index in [0.29, 0.717) is 12.0 Å². The zero-order valence-corrected chi connectivity index (χ0v) is 10.5. The van der Waals surface area contributed by atoms with Gasteiger partial charge in [0.2, 0.25) is 0 Å². The van der Waals surface area contributed by atoms with Gasteiger partial charge in [-0.3, -0.25) is 0 Å². The maximum Gasteiger partial charge on any atom is 0.0616 e. The van der Waals surface area contributed by atoms with Gasteiger partial charge in [-0.25, -0.2) is 0 Å². The van der Waals surface area contributed by atoms with Crippen molar-refractivity contribution < 1.29 is 4.74 Å². The van der Waals surface area contributed by atoms with Crippen molar-refractivity contribution >= 4 is 15.9 Å². The van der Waals surface area contributed by atoms with E-state index in [4.69, 9.17) is 4.74 Å². The van der Waals surface area contributed by atoms with Crippen molar-refractivity contribution in [2.75, 3.05) is 20.3 Å². The lowest BCUT2D eigenvalue weighted by Gasteiger charge is -2.11. The van der Waals surface area contributed by atoms with Crippen molar-refractivity contribution in [2.24, 2.45) is 0 Å². The highest BCUT2D eigenvalue weighted by atomic mass is 79.9. The van der Waals surface area contributed by atoms with Gasteiger partial charge in [-0.1, -0.05) is 34.1 Å². The van der Waals surface area contributed by atoms with E-state index in [1.807, 2.05) is 0 Å². The molecule has 1 N–H and O–H groups in total. The molecule has 2 unspecified atom stereocenters. The first-order chi connectivity index (χ1) is 7.31. The van der Waals surface area contributed by atoms with Gasteiger partial charge in [0.05, 0.1) is 6.61 Å². The first-order valence-corrected chi connectivity index (χ1v) is 6.07. The van der Waals surface area contributed by atoms with E-state index >= 15 is 0 Å². The smallest absolute Gasteiger partial charge is 0.0616 e. The minimum absolute atomic E-state index is 0.507. The Labute approximate surface area is 99.1 Å². The maximum atomic E-state index is 5.17. The van der Waals surface area contributed by atoms with Crippen molar-refractivity contribution in [3.63, 3.8) is 0 Å². The van der Waals surface area contributed by atoms with Gasteiger partial charge < -0.3 is 10.1 Å². The first kappa shape index (κ1) is 11.1. The molecule has 0 radical (unpaired) electrons. The number of methoxy groups -OCH3 is 1. The van der Waals surface area contributed by atoms with Gasteiger partial charge in [0.25, 0.3) is 0 Å². The Morgan fingerprint density at radius 1 is 1.47 bits per heavy atom. The molecule has 1 aromatic rings. The second-order valence-corrected chi connectivity index (χ2v) is 4.87. The lowest BCUT2D eigenvalue weighted by Crippen LogP contribution is -2.25. The number of halogens is 1. The monoisotopic (exact) mass is 269 g/mol. The molecule has 1 aliphatic heterocycles. The third-order valence-electron chi connectivity index (χ3n) is 2.93. The van der Waals surface area contributed by atoms with Crippen LogP contribution in [0.3, 0.4) is 0 Å². The summed E-state index contributed by atoms with van der Waals surface area (Å²) in [5.41, 5.74) is 1.41. The zero-order valence-electron chi connectivity index (χ0n) is 8.87. The minimum atomic E-state index is 0.507. The number of hydrogen-bond donors (Lipinski definition) is 1. The molecule has 2 rings (SSSR count). The van der Waals surface area contributed by atoms with Crippen LogP contribution in [0.4, 0.5) is 0 Å². The predicted octanol–water partition coefficient (Wildman–Crippen LogP) is 2.54. The summed E-state index contributed by atoms with van der Waals surface area (Å²) in [7, 11) is 1.76. The Balaban J connectivity index is 2.04. The van der Waals surface area contributed by atoms with Crippen molar-refractivity contribution in [1.82, 2.24) is 5.32 Å². The molecule has 1 heterocycles. The van der Waals surface area contributed by atoms with Crippen LogP contribution >= 0.6 is 15.9 Å². The van der Waals surface area contributed by atoms with Gasteiger partial charge in [-0.15, -0.1) is 0 Å². The fourth-order valence-corrected chi connectivity index (χ4v) is 2.80. The molecular weight excluding hydrogens is 254 g/mol. The van der Waals surface area contributed by atoms with Gasteiger partial charge in [0.1, 0.15) is 0 Å². The topological polar surface area (TPSA) is 21.3 Å². The van der Waals surface area contributed by atoms with Crippen LogP contribution in [-0.2, 0) is 4.74 Å². The van der Waals surface area contributed by atoms with E-state index in [1.54, 1.807) is 7.11 Å². The number of benzene rings is 1. The van der Waals surface area contributed by atoms with Gasteiger partial charge in [0, 0.05) is 24.2 Å². The molecule has 15 heavy (non-hydrogen) atoms. The van der Waals surface area contributed by atoms with E-state index in [9.17, 15) is 0 Å². The first-order valence-electron chi connectivity index (χ1n) is 5.28. The highest BCUT2D eigenvalue weighted by Crippen LogP contribution is 2.30. The highest BCUT2D eigenvalue weighted by Gasteiger charge is 2.25. The lowest BCUT2D eigenvalue weighted by atomic mass is 9.96. The molecule has 0 aliphatic carbocycles. The van der Waals surface area contributed by atoms with Crippen molar-refractivity contribution in [3.05, 3.63) is 34.3 Å². The molecule has 0 bridgehead atoms. The number of rotatable bonds is 3. The molecule has 0 aromatic heterocycles. The van der Waals surface area contributed by atoms with Gasteiger partial charge >= 0.3 is 0 Å². The van der Waals surface area contributed by atoms with Crippen molar-refractivity contribution in [3.8, 4) is 0 Å². The van der Waals surface area contributed by atoms with Crippen LogP contribution in [0.1, 0.15) is 17.9 Å². The molecule has 1 aliphatic rings. The van der Waals surface area contributed by atoms with Crippen LogP contribution in [0.15, 0.2) is 28.7 Å². The molecule has 3 heteroatoms. The zero-order chi connectivity index (χ0) is 10.7. The summed E-state index contributed by atoms with van der Waals surface area (Å²) in [4.78, 5) is 0. The molecule has 0 saturated carbocycles. The Kier molecular flexibility index (Phi) is 3.78. The van der Waals surface area contributed by atoms with Crippen LogP contribution in [0, 0.1) is 0 Å². The quantitative estimate of drug-likeness (QED) is 0.911. The second kappa shape index (κ2) is 5.10. The third kappa shape index (κ3) is 2.60. The fourth-order valence-electron chi connectivity index (χ4n) is 2.19. The standard InChI is InChI=1S/C12H16BrNO/c1-15-8-10-6-9(7-14-10)11-4-2-3-5-12(11)13/h2-5,9-10,14H,6-8H2,1H3. The van der Waals surface area contributed by atoms with Gasteiger partial charge in [-0.2, -0.15) is 0 Å². The molecule has 0 amide bonds. The summed E-state index contributed by atoms with van der Waals surface area (Å²) in [5.74, 6) is 0.612. The van der Waals surface area contributed by atoms with Crippen molar-refractivity contribution in [2.45, 2.75) is 18.4 Å². The van der Waals surface area contributed by atoms with Crippen LogP contribution in [0.2, 0.25) is 0 Å². The van der Waals surface area contributed by atoms with E-state index < -0.39 is 0 Å². The van der Waals surface area contributed by atoms with Gasteiger partial charge in [0.15, 0.2) is 0 Å². The summed E-state index contributed by atoms with van der Waals surface area (Å²) in [6.45, 7) is 1.86. The molecular formula is C12H16BrNO. The van der Waals surface area contributed by atoms with E-state index in [1.165, 1.54) is 10.0 Å². The number of ether oxygens (including phenoxy) is 1. The lowest BCUT2D eigenvalue weighted by molar-refractivity contribution is 0.173. The SMILES string of the molecule is COCC1CC(c2ccccc2Br)CN1. The van der Waals surface area contributed by atoms with Crippen LogP contribution in [0.25, 0.3) is 0 Å². The van der Waals surface area contributed by atoms with Crippen LogP contribution in [-0.4, -0.2) is 26.3 Å². The Hall–Kier alpha value is -0.380. The molecule has 2 atom stereocenters. The second-order valence-electron chi connectivity index (χ2n) is 4.01. The third-order valence-corrected chi connectivity index (χ3v) is 3.66. The molecule has 1 fully saturated rings. The largest absolute Gasteiger partial charge is 0.383 e. The highest BCUT2D eigenvalue weighted by molar-refractivity contribution is 9.10. The molecule has 2 nitrogen and oxygen atoms in total. The van der Waals surface area contributed by atoms with E-state index in [0.717, 1.165) is 19.6 Å². The molecule has 82 valence electrons. The molecule has 0 spiro atoms. The fraction of sp³-hybridized carbons (Fsp3) is 0.500. The predicted molar refractivity (Wildman–Crippen MR) is 65.2 cm³/mol. The van der Waals surface area contributed by atoms with E-state index in [2.05, 4.69) is 45.5 Å². The summed E-state index contributed by atoms with van der Waals surface area (Å²) in [6.07, 6.45) is 1.16. The normalized spacial score (nSPS) is 25.7. The van der Waals surface area contributed by atoms with E-state index in [-0.39, 0.29) is 0 Å². The minimum Gasteiger partial charge on any atom is -0.383 e. The average Bonchev–Trinajstić information content (AvgIpc) is 2.68. The van der Waals surface area contributed by atoms with Gasteiger partial charge in [-0.05, 0) is 24.0 Å². The van der Waals surface area contributed by atoms with Crippen LogP contribution in [0.5, 0.6) is 0 Å². The average molecular weight is 270 g/mol. The summed E-state index contributed by atoms with van der Waals surface area (Å²) < 4.78 is 6.38. The molecule has 1 saturated heterocycles. The van der Waals surface area contributed by atoms with Crippen LogP contribution < -0.4 is 5.32 Å². The maximum absolute atomic E-state index is 5.17. The Morgan fingerprint density at radius 2 is 2.27 bits per heavy atom. The summed E-state index contributed by atoms with van der Waals surface area (Å²) in [5, 5.41) is 3.49. The number of nitrogens with one attached hydrogen (secondary N) is 1. The summed E-state index contributed by atoms with van der Waals surface area (Å²) in [6, 6.07) is 8.98. The number of hydrogen-bond acceptors (Lipinski definition) is 2. The Morgan fingerprint density at radius 3 is 3.00 bits per heavy atom. The molecule has 1 aromatic carbocycles.